The summed E-state index contributed by atoms with van der Waals surface area (Å²) in [6.07, 6.45) is 0.578. The minimum absolute atomic E-state index is 0.0824. The molecule has 2 amide bonds. The van der Waals surface area contributed by atoms with Gasteiger partial charge >= 0.3 is 5.97 Å². The topological polar surface area (TPSA) is 121 Å². The third-order valence-corrected chi connectivity index (χ3v) is 5.67. The van der Waals surface area contributed by atoms with Crippen molar-refractivity contribution in [2.75, 3.05) is 19.8 Å². The summed E-state index contributed by atoms with van der Waals surface area (Å²) in [6, 6.07) is 4.00. The standard InChI is InChI=1S/C17H24N2O6S/c1-5-11(2)15(17(22)23)18-16(21)12-6-8-13(9-7-12)26(24,25)10-14(20)19(3)4/h6-9,11,15H,5,10H2,1-4H3,(H,18,21)(H,22,23)/t11-,15-/m0/s1. The van der Waals surface area contributed by atoms with Crippen molar-refractivity contribution < 1.29 is 27.9 Å². The lowest BCUT2D eigenvalue weighted by atomic mass is 9.99. The molecule has 2 atom stereocenters. The summed E-state index contributed by atoms with van der Waals surface area (Å²) in [6.45, 7) is 3.54. The predicted molar refractivity (Wildman–Crippen MR) is 95.5 cm³/mol. The third kappa shape index (κ3) is 5.55. The van der Waals surface area contributed by atoms with Crippen LogP contribution in [0.1, 0.15) is 30.6 Å². The van der Waals surface area contributed by atoms with Crippen LogP contribution in [0.2, 0.25) is 0 Å². The largest absolute Gasteiger partial charge is 0.480 e. The van der Waals surface area contributed by atoms with Crippen LogP contribution in [0, 0.1) is 5.92 Å². The molecular formula is C17H24N2O6S. The molecule has 0 aliphatic heterocycles. The second-order valence-corrected chi connectivity index (χ2v) is 8.24. The first-order chi connectivity index (χ1) is 12.0. The number of nitrogens with zero attached hydrogens (tertiary/aromatic N) is 1. The summed E-state index contributed by atoms with van der Waals surface area (Å²) in [5.74, 6) is -3.21. The number of sulfone groups is 1. The summed E-state index contributed by atoms with van der Waals surface area (Å²) < 4.78 is 24.4. The SMILES string of the molecule is CC[C@H](C)[C@H](NC(=O)c1ccc(S(=O)(=O)CC(=O)N(C)C)cc1)C(=O)O. The second kappa shape index (κ2) is 8.79. The van der Waals surface area contributed by atoms with Gasteiger partial charge < -0.3 is 15.3 Å². The molecule has 2 N–H and O–H groups in total. The van der Waals surface area contributed by atoms with E-state index in [4.69, 9.17) is 0 Å². The molecule has 0 heterocycles. The van der Waals surface area contributed by atoms with Crippen LogP contribution in [0.25, 0.3) is 0 Å². The Kier molecular flexibility index (Phi) is 7.31. The molecule has 9 heteroatoms. The summed E-state index contributed by atoms with van der Waals surface area (Å²) in [5.41, 5.74) is 0.137. The summed E-state index contributed by atoms with van der Waals surface area (Å²) >= 11 is 0. The number of amides is 2. The van der Waals surface area contributed by atoms with Crippen molar-refractivity contribution in [1.29, 1.82) is 0 Å². The number of aliphatic carboxylic acids is 1. The zero-order chi connectivity index (χ0) is 20.1. The van der Waals surface area contributed by atoms with Crippen LogP contribution < -0.4 is 5.32 Å². The Balaban J connectivity index is 2.94. The molecule has 1 aromatic carbocycles. The van der Waals surface area contributed by atoms with Crippen LogP contribution in [0.15, 0.2) is 29.2 Å². The third-order valence-electron chi connectivity index (χ3n) is 4.05. The fourth-order valence-electron chi connectivity index (χ4n) is 2.10. The fourth-order valence-corrected chi connectivity index (χ4v) is 3.40. The van der Waals surface area contributed by atoms with Crippen LogP contribution in [-0.2, 0) is 19.4 Å². The quantitative estimate of drug-likeness (QED) is 0.683. The van der Waals surface area contributed by atoms with Gasteiger partial charge in [0.2, 0.25) is 5.91 Å². The number of carbonyl (C=O) groups is 3. The van der Waals surface area contributed by atoms with E-state index in [2.05, 4.69) is 5.32 Å². The molecule has 0 spiro atoms. The molecule has 1 aromatic rings. The van der Waals surface area contributed by atoms with Crippen molar-refractivity contribution in [3.63, 3.8) is 0 Å². The molecule has 0 saturated heterocycles. The van der Waals surface area contributed by atoms with Gasteiger partial charge in [-0.05, 0) is 30.2 Å². The highest BCUT2D eigenvalue weighted by Crippen LogP contribution is 2.14. The van der Waals surface area contributed by atoms with Gasteiger partial charge in [0.15, 0.2) is 9.84 Å². The normalized spacial score (nSPS) is 13.5. The zero-order valence-corrected chi connectivity index (χ0v) is 16.0. The summed E-state index contributed by atoms with van der Waals surface area (Å²) in [5, 5.41) is 11.7. The molecule has 0 radical (unpaired) electrons. The Bertz CT molecular complexity index is 771. The average Bonchev–Trinajstić information content (AvgIpc) is 2.58. The Labute approximate surface area is 153 Å². The Morgan fingerprint density at radius 3 is 2.12 bits per heavy atom. The van der Waals surface area contributed by atoms with E-state index in [0.29, 0.717) is 6.42 Å². The van der Waals surface area contributed by atoms with E-state index in [1.54, 1.807) is 6.92 Å². The predicted octanol–water partition coefficient (Wildman–Crippen LogP) is 0.778. The Morgan fingerprint density at radius 2 is 1.69 bits per heavy atom. The van der Waals surface area contributed by atoms with Crippen molar-refractivity contribution in [2.24, 2.45) is 5.92 Å². The van der Waals surface area contributed by atoms with Gasteiger partial charge in [0.25, 0.3) is 5.91 Å². The number of hydrogen-bond acceptors (Lipinski definition) is 5. The van der Waals surface area contributed by atoms with Gasteiger partial charge in [0, 0.05) is 19.7 Å². The van der Waals surface area contributed by atoms with Crippen LogP contribution in [0.4, 0.5) is 0 Å². The number of carboxylic acid groups (broad SMARTS) is 1. The van der Waals surface area contributed by atoms with E-state index in [0.717, 1.165) is 0 Å². The molecule has 0 unspecified atom stereocenters. The lowest BCUT2D eigenvalue weighted by molar-refractivity contribution is -0.140. The molecule has 0 saturated carbocycles. The molecular weight excluding hydrogens is 360 g/mol. The number of nitrogens with one attached hydrogen (secondary N) is 1. The lowest BCUT2D eigenvalue weighted by Crippen LogP contribution is -2.45. The molecule has 8 nitrogen and oxygen atoms in total. The van der Waals surface area contributed by atoms with Crippen LogP contribution in [-0.4, -0.2) is 62.1 Å². The first-order valence-electron chi connectivity index (χ1n) is 8.06. The highest BCUT2D eigenvalue weighted by atomic mass is 32.2. The first kappa shape index (κ1) is 21.6. The van der Waals surface area contributed by atoms with E-state index in [9.17, 15) is 27.9 Å². The van der Waals surface area contributed by atoms with Gasteiger partial charge in [-0.15, -0.1) is 0 Å². The highest BCUT2D eigenvalue weighted by Gasteiger charge is 2.26. The number of carbonyl (C=O) groups excluding carboxylic acids is 2. The molecule has 0 aromatic heterocycles. The van der Waals surface area contributed by atoms with Crippen LogP contribution in [0.5, 0.6) is 0 Å². The number of carboxylic acids is 1. The Hall–Kier alpha value is -2.42. The van der Waals surface area contributed by atoms with Crippen LogP contribution >= 0.6 is 0 Å². The number of rotatable bonds is 8. The lowest BCUT2D eigenvalue weighted by Gasteiger charge is -2.20. The van der Waals surface area contributed by atoms with Gasteiger partial charge in [-0.3, -0.25) is 9.59 Å². The van der Waals surface area contributed by atoms with Crippen molar-refractivity contribution >= 4 is 27.6 Å². The smallest absolute Gasteiger partial charge is 0.326 e. The molecule has 26 heavy (non-hydrogen) atoms. The minimum Gasteiger partial charge on any atom is -0.480 e. The fraction of sp³-hybridized carbons (Fsp3) is 0.471. The van der Waals surface area contributed by atoms with Gasteiger partial charge in [0.1, 0.15) is 11.8 Å². The van der Waals surface area contributed by atoms with Gasteiger partial charge in [-0.1, -0.05) is 20.3 Å². The molecule has 0 bridgehead atoms. The average molecular weight is 384 g/mol. The van der Waals surface area contributed by atoms with Crippen molar-refractivity contribution in [3.05, 3.63) is 29.8 Å². The van der Waals surface area contributed by atoms with Gasteiger partial charge in [-0.2, -0.15) is 0 Å². The summed E-state index contributed by atoms with van der Waals surface area (Å²) in [4.78, 5) is 36.2. The maximum Gasteiger partial charge on any atom is 0.326 e. The van der Waals surface area contributed by atoms with E-state index in [-0.39, 0.29) is 16.4 Å². The minimum atomic E-state index is -3.82. The second-order valence-electron chi connectivity index (χ2n) is 6.25. The molecule has 0 aliphatic rings. The number of benzene rings is 1. The monoisotopic (exact) mass is 384 g/mol. The molecule has 144 valence electrons. The van der Waals surface area contributed by atoms with E-state index >= 15 is 0 Å². The van der Waals surface area contributed by atoms with Gasteiger partial charge in [-0.25, -0.2) is 13.2 Å². The van der Waals surface area contributed by atoms with Gasteiger partial charge in [0.05, 0.1) is 4.90 Å². The van der Waals surface area contributed by atoms with Crippen molar-refractivity contribution in [2.45, 2.75) is 31.2 Å². The molecule has 1 rings (SSSR count). The van der Waals surface area contributed by atoms with E-state index in [1.807, 2.05) is 6.92 Å². The maximum atomic E-state index is 12.2. The molecule has 0 fully saturated rings. The first-order valence-corrected chi connectivity index (χ1v) is 9.71. The van der Waals surface area contributed by atoms with Crippen molar-refractivity contribution in [1.82, 2.24) is 10.2 Å². The molecule has 0 aliphatic carbocycles. The number of hydrogen-bond donors (Lipinski definition) is 2. The summed E-state index contributed by atoms with van der Waals surface area (Å²) in [7, 11) is -0.898. The highest BCUT2D eigenvalue weighted by molar-refractivity contribution is 7.92. The van der Waals surface area contributed by atoms with Crippen LogP contribution in [0.3, 0.4) is 0 Å². The van der Waals surface area contributed by atoms with E-state index in [1.165, 1.54) is 43.3 Å². The Morgan fingerprint density at radius 1 is 1.15 bits per heavy atom. The van der Waals surface area contributed by atoms with E-state index < -0.39 is 39.4 Å². The zero-order valence-electron chi connectivity index (χ0n) is 15.2. The maximum absolute atomic E-state index is 12.2. The van der Waals surface area contributed by atoms with Crippen molar-refractivity contribution in [3.8, 4) is 0 Å².